The van der Waals surface area contributed by atoms with E-state index in [1.165, 1.54) is 38.8 Å². The van der Waals surface area contributed by atoms with Crippen molar-refractivity contribution < 1.29 is 9.90 Å². The van der Waals surface area contributed by atoms with Crippen LogP contribution in [0.25, 0.3) is 0 Å². The predicted molar refractivity (Wildman–Crippen MR) is 71.7 cm³/mol. The van der Waals surface area contributed by atoms with Crippen LogP contribution in [-0.4, -0.2) is 58.6 Å². The number of rotatable bonds is 5. The fourth-order valence-corrected chi connectivity index (χ4v) is 3.80. The van der Waals surface area contributed by atoms with Crippen LogP contribution in [0.3, 0.4) is 0 Å². The number of carboxylic acids is 1. The number of carboxylic acid groups (broad SMARTS) is 1. The summed E-state index contributed by atoms with van der Waals surface area (Å²) in [4.78, 5) is 15.9. The van der Waals surface area contributed by atoms with E-state index in [4.69, 9.17) is 5.11 Å². The predicted octanol–water partition coefficient (Wildman–Crippen LogP) is 1.80. The molecule has 0 saturated carbocycles. The Balaban J connectivity index is 1.93. The molecule has 0 bridgehead atoms. The summed E-state index contributed by atoms with van der Waals surface area (Å²) in [6, 6.07) is 1.50. The Hall–Kier alpha value is -0.610. The number of aliphatic carboxylic acids is 1. The number of nitrogens with zero attached hydrogens (tertiary/aromatic N) is 2. The molecule has 18 heavy (non-hydrogen) atoms. The van der Waals surface area contributed by atoms with Gasteiger partial charge in [0.05, 0.1) is 6.42 Å². The smallest absolute Gasteiger partial charge is 0.304 e. The summed E-state index contributed by atoms with van der Waals surface area (Å²) in [5, 5.41) is 8.94. The third-order valence-corrected chi connectivity index (χ3v) is 4.66. The standard InChI is InChI=1S/C14H26N2O2/c1-3-16(11(2)9-14(17)18)13-6-8-15-7-4-5-12(15)10-13/h11-13H,3-10H2,1-2H3,(H,17,18). The summed E-state index contributed by atoms with van der Waals surface area (Å²) >= 11 is 0. The van der Waals surface area contributed by atoms with Gasteiger partial charge in [-0.3, -0.25) is 9.69 Å². The minimum Gasteiger partial charge on any atom is -0.481 e. The lowest BCUT2D eigenvalue weighted by atomic mass is 9.94. The normalized spacial score (nSPS) is 30.4. The number of piperidine rings is 1. The molecule has 3 unspecified atom stereocenters. The Morgan fingerprint density at radius 3 is 2.89 bits per heavy atom. The molecule has 2 saturated heterocycles. The van der Waals surface area contributed by atoms with E-state index in [9.17, 15) is 4.79 Å². The molecule has 3 atom stereocenters. The molecule has 4 nitrogen and oxygen atoms in total. The Labute approximate surface area is 110 Å². The first-order valence-electron chi connectivity index (χ1n) is 7.33. The van der Waals surface area contributed by atoms with E-state index < -0.39 is 5.97 Å². The molecule has 2 aliphatic heterocycles. The Morgan fingerprint density at radius 1 is 1.44 bits per heavy atom. The summed E-state index contributed by atoms with van der Waals surface area (Å²) in [6.07, 6.45) is 5.38. The Kier molecular flexibility index (Phi) is 4.62. The number of carbonyl (C=O) groups is 1. The summed E-state index contributed by atoms with van der Waals surface area (Å²) in [6.45, 7) is 7.64. The molecular formula is C14H26N2O2. The average molecular weight is 254 g/mol. The molecule has 4 heteroatoms. The van der Waals surface area contributed by atoms with Gasteiger partial charge in [0.1, 0.15) is 0 Å². The topological polar surface area (TPSA) is 43.8 Å². The summed E-state index contributed by atoms with van der Waals surface area (Å²) < 4.78 is 0. The third kappa shape index (κ3) is 3.04. The van der Waals surface area contributed by atoms with Crippen molar-refractivity contribution in [2.24, 2.45) is 0 Å². The summed E-state index contributed by atoms with van der Waals surface area (Å²) in [5.74, 6) is -0.681. The first-order chi connectivity index (χ1) is 8.61. The van der Waals surface area contributed by atoms with Gasteiger partial charge in [0.15, 0.2) is 0 Å². The summed E-state index contributed by atoms with van der Waals surface area (Å²) in [5.41, 5.74) is 0. The van der Waals surface area contributed by atoms with Crippen LogP contribution in [-0.2, 0) is 4.79 Å². The van der Waals surface area contributed by atoms with Crippen LogP contribution < -0.4 is 0 Å². The van der Waals surface area contributed by atoms with Gasteiger partial charge in [-0.05, 0) is 52.2 Å². The molecule has 1 N–H and O–H groups in total. The molecule has 2 rings (SSSR count). The van der Waals surface area contributed by atoms with Crippen LogP contribution in [0.2, 0.25) is 0 Å². The van der Waals surface area contributed by atoms with Gasteiger partial charge < -0.3 is 10.0 Å². The lowest BCUT2D eigenvalue weighted by Gasteiger charge is -2.42. The third-order valence-electron chi connectivity index (χ3n) is 4.66. The van der Waals surface area contributed by atoms with Gasteiger partial charge in [-0.2, -0.15) is 0 Å². The van der Waals surface area contributed by atoms with Gasteiger partial charge in [-0.25, -0.2) is 0 Å². The van der Waals surface area contributed by atoms with E-state index in [1.807, 2.05) is 0 Å². The second-order valence-corrected chi connectivity index (χ2v) is 5.79. The zero-order valence-electron chi connectivity index (χ0n) is 11.6. The molecular weight excluding hydrogens is 228 g/mol. The minimum absolute atomic E-state index is 0.158. The quantitative estimate of drug-likeness (QED) is 0.812. The van der Waals surface area contributed by atoms with Crippen LogP contribution in [0.5, 0.6) is 0 Å². The van der Waals surface area contributed by atoms with Crippen LogP contribution in [0, 0.1) is 0 Å². The van der Waals surface area contributed by atoms with Crippen LogP contribution in [0.4, 0.5) is 0 Å². The Bertz CT molecular complexity index is 296. The first-order valence-corrected chi connectivity index (χ1v) is 7.33. The molecule has 0 amide bonds. The lowest BCUT2D eigenvalue weighted by molar-refractivity contribution is -0.138. The molecule has 0 aliphatic carbocycles. The van der Waals surface area contributed by atoms with Gasteiger partial charge >= 0.3 is 5.97 Å². The fraction of sp³-hybridized carbons (Fsp3) is 0.929. The molecule has 2 aliphatic rings. The number of hydrogen-bond acceptors (Lipinski definition) is 3. The molecule has 0 aromatic heterocycles. The van der Waals surface area contributed by atoms with Crippen molar-refractivity contribution in [1.29, 1.82) is 0 Å². The van der Waals surface area contributed by atoms with Crippen molar-refractivity contribution in [3.8, 4) is 0 Å². The summed E-state index contributed by atoms with van der Waals surface area (Å²) in [7, 11) is 0. The largest absolute Gasteiger partial charge is 0.481 e. The van der Waals surface area contributed by atoms with E-state index in [2.05, 4.69) is 23.6 Å². The van der Waals surface area contributed by atoms with Crippen LogP contribution in [0.15, 0.2) is 0 Å². The van der Waals surface area contributed by atoms with E-state index in [1.54, 1.807) is 0 Å². The molecule has 0 aromatic carbocycles. The van der Waals surface area contributed by atoms with Crippen molar-refractivity contribution in [1.82, 2.24) is 9.80 Å². The second-order valence-electron chi connectivity index (χ2n) is 5.79. The fourth-order valence-electron chi connectivity index (χ4n) is 3.80. The number of fused-ring (bicyclic) bond motifs is 1. The molecule has 0 spiro atoms. The molecule has 0 radical (unpaired) electrons. The van der Waals surface area contributed by atoms with Crippen molar-refractivity contribution in [2.75, 3.05) is 19.6 Å². The number of hydrogen-bond donors (Lipinski definition) is 1. The zero-order chi connectivity index (χ0) is 13.1. The van der Waals surface area contributed by atoms with E-state index >= 15 is 0 Å². The maximum absolute atomic E-state index is 10.9. The van der Waals surface area contributed by atoms with E-state index in [-0.39, 0.29) is 12.5 Å². The van der Waals surface area contributed by atoms with Crippen molar-refractivity contribution in [3.05, 3.63) is 0 Å². The van der Waals surface area contributed by atoms with E-state index in [0.29, 0.717) is 6.04 Å². The zero-order valence-corrected chi connectivity index (χ0v) is 11.6. The maximum atomic E-state index is 10.9. The monoisotopic (exact) mass is 254 g/mol. The molecule has 2 heterocycles. The average Bonchev–Trinajstić information content (AvgIpc) is 2.76. The van der Waals surface area contributed by atoms with Crippen molar-refractivity contribution >= 4 is 5.97 Å². The highest BCUT2D eigenvalue weighted by Gasteiger charge is 2.35. The highest BCUT2D eigenvalue weighted by molar-refractivity contribution is 5.67. The second kappa shape index (κ2) is 6.02. The highest BCUT2D eigenvalue weighted by Crippen LogP contribution is 2.30. The maximum Gasteiger partial charge on any atom is 0.304 e. The SMILES string of the molecule is CCN(C(C)CC(=O)O)C1CCN2CCCC2C1. The molecule has 104 valence electrons. The van der Waals surface area contributed by atoms with Gasteiger partial charge in [0, 0.05) is 18.1 Å². The van der Waals surface area contributed by atoms with Crippen LogP contribution in [0.1, 0.15) is 46.0 Å². The Morgan fingerprint density at radius 2 is 2.22 bits per heavy atom. The molecule has 0 aromatic rings. The van der Waals surface area contributed by atoms with Crippen molar-refractivity contribution in [2.45, 2.75) is 64.1 Å². The van der Waals surface area contributed by atoms with Crippen molar-refractivity contribution in [3.63, 3.8) is 0 Å². The van der Waals surface area contributed by atoms with Crippen LogP contribution >= 0.6 is 0 Å². The van der Waals surface area contributed by atoms with Gasteiger partial charge in [-0.1, -0.05) is 6.92 Å². The first kappa shape index (κ1) is 13.8. The van der Waals surface area contributed by atoms with Gasteiger partial charge in [-0.15, -0.1) is 0 Å². The highest BCUT2D eigenvalue weighted by atomic mass is 16.4. The lowest BCUT2D eigenvalue weighted by Crippen LogP contribution is -2.50. The molecule has 2 fully saturated rings. The minimum atomic E-state index is -0.681. The van der Waals surface area contributed by atoms with Gasteiger partial charge in [0.25, 0.3) is 0 Å². The van der Waals surface area contributed by atoms with Gasteiger partial charge in [0.2, 0.25) is 0 Å². The van der Waals surface area contributed by atoms with E-state index in [0.717, 1.165) is 12.6 Å².